The van der Waals surface area contributed by atoms with Gasteiger partial charge in [-0.3, -0.25) is 9.69 Å². The number of morpholine rings is 1. The van der Waals surface area contributed by atoms with Gasteiger partial charge in [-0.2, -0.15) is 0 Å². The van der Waals surface area contributed by atoms with Crippen LogP contribution in [0.4, 0.5) is 8.78 Å². The van der Waals surface area contributed by atoms with Crippen molar-refractivity contribution in [2.75, 3.05) is 39.5 Å². The van der Waals surface area contributed by atoms with Crippen molar-refractivity contribution in [3.05, 3.63) is 59.7 Å². The molecule has 0 N–H and O–H groups in total. The molecule has 37 heavy (non-hydrogen) atoms. The van der Waals surface area contributed by atoms with E-state index in [4.69, 9.17) is 14.2 Å². The lowest BCUT2D eigenvalue weighted by molar-refractivity contribution is -0.151. The first-order valence-electron chi connectivity index (χ1n) is 12.3. The van der Waals surface area contributed by atoms with Crippen LogP contribution in [0.15, 0.2) is 48.5 Å². The molecule has 0 spiro atoms. The van der Waals surface area contributed by atoms with Gasteiger partial charge in [-0.15, -0.1) is 0 Å². The van der Waals surface area contributed by atoms with E-state index in [0.717, 1.165) is 18.7 Å². The number of amides is 1. The van der Waals surface area contributed by atoms with Gasteiger partial charge in [0.15, 0.2) is 11.5 Å². The molecule has 1 fully saturated rings. The van der Waals surface area contributed by atoms with Gasteiger partial charge in [0.05, 0.1) is 6.61 Å². The second-order valence-corrected chi connectivity index (χ2v) is 13.4. The first-order valence-corrected chi connectivity index (χ1v) is 14.5. The lowest BCUT2D eigenvalue weighted by atomic mass is 10.1. The monoisotopic (exact) mass is 740 g/mol. The van der Waals surface area contributed by atoms with Crippen LogP contribution in [0.3, 0.4) is 0 Å². The second-order valence-electron chi connectivity index (χ2n) is 9.96. The van der Waals surface area contributed by atoms with E-state index in [1.165, 1.54) is 50.7 Å². The van der Waals surface area contributed by atoms with E-state index in [2.05, 4.69) is 30.9 Å². The summed E-state index contributed by atoms with van der Waals surface area (Å²) < 4.78 is 42.2. The molecule has 1 saturated heterocycles. The standard InChI is InChI=1S/C27H32F2I2N2O4/c1-19(2)13-33(25(34)24-16-32(10-11-35-24)14-20-6-4-3-5-7-20)15-21-8-9-22-23(12-21)37-18-27(29,31)26(28,30)17-36-22/h3-9,12,19,24H,10-11,13-18H2,1-2H3. The average Bonchev–Trinajstić information content (AvgIpc) is 2.86. The number of hydrogen-bond acceptors (Lipinski definition) is 5. The highest BCUT2D eigenvalue weighted by Crippen LogP contribution is 2.46. The number of nitrogens with zero attached hydrogens (tertiary/aromatic N) is 2. The van der Waals surface area contributed by atoms with E-state index in [-0.39, 0.29) is 11.8 Å². The Hall–Kier alpha value is -1.25. The Morgan fingerprint density at radius 2 is 1.73 bits per heavy atom. The van der Waals surface area contributed by atoms with Gasteiger partial charge in [-0.1, -0.05) is 50.2 Å². The number of hydrogen-bond donors (Lipinski definition) is 0. The van der Waals surface area contributed by atoms with E-state index in [1.807, 2.05) is 29.2 Å². The minimum absolute atomic E-state index is 0.0578. The van der Waals surface area contributed by atoms with Crippen LogP contribution in [-0.2, 0) is 22.6 Å². The number of carbonyl (C=O) groups is 1. The van der Waals surface area contributed by atoms with Crippen molar-refractivity contribution in [2.45, 2.75) is 40.4 Å². The Kier molecular flexibility index (Phi) is 9.55. The zero-order valence-electron chi connectivity index (χ0n) is 21.0. The van der Waals surface area contributed by atoms with E-state index in [0.29, 0.717) is 37.7 Å². The number of fused-ring (bicyclic) bond motifs is 1. The SMILES string of the molecule is CC(C)CN(Cc1ccc2c(c1)OCC(F)(I)C(F)(I)CO2)C(=O)C1CN(Cc2ccccc2)CCO1. The molecular weight excluding hydrogens is 708 g/mol. The summed E-state index contributed by atoms with van der Waals surface area (Å²) in [6, 6.07) is 15.5. The van der Waals surface area contributed by atoms with Crippen molar-refractivity contribution in [3.8, 4) is 11.5 Å². The topological polar surface area (TPSA) is 51.2 Å². The summed E-state index contributed by atoms with van der Waals surface area (Å²) in [6.45, 7) is 6.72. The molecule has 6 nitrogen and oxygen atoms in total. The van der Waals surface area contributed by atoms with Crippen molar-refractivity contribution >= 4 is 51.1 Å². The van der Waals surface area contributed by atoms with Gasteiger partial charge < -0.3 is 19.1 Å². The van der Waals surface area contributed by atoms with Crippen LogP contribution in [0.5, 0.6) is 11.5 Å². The van der Waals surface area contributed by atoms with Gasteiger partial charge in [-0.25, -0.2) is 8.78 Å². The zero-order valence-corrected chi connectivity index (χ0v) is 25.3. The lowest BCUT2D eigenvalue weighted by Gasteiger charge is -2.36. The first-order chi connectivity index (χ1) is 17.5. The molecule has 3 unspecified atom stereocenters. The van der Waals surface area contributed by atoms with Crippen molar-refractivity contribution < 1.29 is 27.8 Å². The zero-order chi connectivity index (χ0) is 26.6. The maximum absolute atomic E-state index is 14.8. The Morgan fingerprint density at radius 3 is 2.41 bits per heavy atom. The number of ether oxygens (including phenoxy) is 3. The number of halogens is 4. The molecule has 2 aliphatic rings. The Bertz CT molecular complexity index is 1070. The third kappa shape index (κ3) is 7.45. The molecule has 10 heteroatoms. The highest BCUT2D eigenvalue weighted by molar-refractivity contribution is 14.1. The third-order valence-corrected chi connectivity index (χ3v) is 9.67. The quantitative estimate of drug-likeness (QED) is 0.276. The molecule has 0 bridgehead atoms. The minimum atomic E-state index is -2.25. The summed E-state index contributed by atoms with van der Waals surface area (Å²) in [5.41, 5.74) is 2.02. The molecular formula is C27H32F2I2N2O4. The number of rotatable bonds is 7. The predicted octanol–water partition coefficient (Wildman–Crippen LogP) is 5.55. The Balaban J connectivity index is 1.46. The smallest absolute Gasteiger partial charge is 0.253 e. The number of alkyl halides is 4. The maximum atomic E-state index is 14.8. The molecule has 2 heterocycles. The van der Waals surface area contributed by atoms with Gasteiger partial charge in [0, 0.05) is 32.7 Å². The van der Waals surface area contributed by atoms with E-state index < -0.39 is 26.7 Å². The molecule has 4 rings (SSSR count). The average molecular weight is 740 g/mol. The van der Waals surface area contributed by atoms with Crippen molar-refractivity contribution in [1.82, 2.24) is 9.80 Å². The van der Waals surface area contributed by atoms with Crippen molar-refractivity contribution in [2.24, 2.45) is 5.92 Å². The molecule has 3 atom stereocenters. The van der Waals surface area contributed by atoms with Gasteiger partial charge in [0.1, 0.15) is 19.3 Å². The molecule has 2 aromatic carbocycles. The fourth-order valence-corrected chi connectivity index (χ4v) is 4.99. The molecule has 1 amide bonds. The van der Waals surface area contributed by atoms with E-state index in [9.17, 15) is 13.6 Å². The summed E-state index contributed by atoms with van der Waals surface area (Å²) in [4.78, 5) is 17.7. The number of benzene rings is 2. The van der Waals surface area contributed by atoms with Gasteiger partial charge in [0.2, 0.25) is 7.35 Å². The molecule has 0 aromatic heterocycles. The van der Waals surface area contributed by atoms with Crippen molar-refractivity contribution in [1.29, 1.82) is 0 Å². The van der Waals surface area contributed by atoms with Crippen molar-refractivity contribution in [3.63, 3.8) is 0 Å². The lowest BCUT2D eigenvalue weighted by Crippen LogP contribution is -2.51. The van der Waals surface area contributed by atoms with Crippen LogP contribution in [0, 0.1) is 5.92 Å². The largest absolute Gasteiger partial charge is 0.485 e. The van der Waals surface area contributed by atoms with Crippen LogP contribution < -0.4 is 9.47 Å². The molecule has 202 valence electrons. The van der Waals surface area contributed by atoms with Crippen LogP contribution in [-0.4, -0.2) is 68.6 Å². The highest BCUT2D eigenvalue weighted by atomic mass is 127. The Labute approximate surface area is 244 Å². The predicted molar refractivity (Wildman–Crippen MR) is 155 cm³/mol. The molecule has 0 radical (unpaired) electrons. The maximum Gasteiger partial charge on any atom is 0.253 e. The molecule has 0 aliphatic carbocycles. The van der Waals surface area contributed by atoms with Crippen LogP contribution >= 0.6 is 45.2 Å². The summed E-state index contributed by atoms with van der Waals surface area (Å²) in [5.74, 6) is 0.883. The number of carbonyl (C=O) groups excluding carboxylic acids is 1. The van der Waals surface area contributed by atoms with Crippen LogP contribution in [0.25, 0.3) is 0 Å². The van der Waals surface area contributed by atoms with E-state index >= 15 is 0 Å². The van der Waals surface area contributed by atoms with Gasteiger partial charge in [0.25, 0.3) is 5.91 Å². The summed E-state index contributed by atoms with van der Waals surface area (Å²) in [6.07, 6.45) is -0.548. The van der Waals surface area contributed by atoms with Crippen LogP contribution in [0.1, 0.15) is 25.0 Å². The fourth-order valence-electron chi connectivity index (χ4n) is 4.37. The molecule has 0 saturated carbocycles. The van der Waals surface area contributed by atoms with Gasteiger partial charge >= 0.3 is 0 Å². The fraction of sp³-hybridized carbons (Fsp3) is 0.519. The summed E-state index contributed by atoms with van der Waals surface area (Å²) in [5, 5.41) is 0. The van der Waals surface area contributed by atoms with Gasteiger partial charge in [-0.05, 0) is 74.4 Å². The summed E-state index contributed by atoms with van der Waals surface area (Å²) in [7, 11) is 0. The molecule has 2 aliphatic heterocycles. The molecule has 2 aromatic rings. The van der Waals surface area contributed by atoms with Crippen LogP contribution in [0.2, 0.25) is 0 Å². The summed E-state index contributed by atoms with van der Waals surface area (Å²) >= 11 is 2.86. The second kappa shape index (κ2) is 12.3. The normalized spacial score (nSPS) is 26.4. The highest BCUT2D eigenvalue weighted by Gasteiger charge is 2.52. The first kappa shape index (κ1) is 28.8. The Morgan fingerprint density at radius 1 is 1.05 bits per heavy atom. The third-order valence-electron chi connectivity index (χ3n) is 6.31. The minimum Gasteiger partial charge on any atom is -0.485 e. The van der Waals surface area contributed by atoms with E-state index in [1.54, 1.807) is 12.1 Å².